The van der Waals surface area contributed by atoms with E-state index in [0.717, 1.165) is 22.2 Å². The van der Waals surface area contributed by atoms with Crippen LogP contribution in [0.25, 0.3) is 10.9 Å². The maximum atomic E-state index is 12.5. The van der Waals surface area contributed by atoms with Gasteiger partial charge in [0.2, 0.25) is 0 Å². The van der Waals surface area contributed by atoms with E-state index in [2.05, 4.69) is 4.98 Å². The van der Waals surface area contributed by atoms with Gasteiger partial charge < -0.3 is 9.72 Å². The molecule has 1 heterocycles. The number of esters is 1. The van der Waals surface area contributed by atoms with Crippen LogP contribution in [0.5, 0.6) is 0 Å². The maximum absolute atomic E-state index is 12.5. The number of rotatable bonds is 3. The van der Waals surface area contributed by atoms with Crippen LogP contribution in [0.4, 0.5) is 0 Å². The molecule has 2 unspecified atom stereocenters. The van der Waals surface area contributed by atoms with Crippen molar-refractivity contribution < 1.29 is 17.9 Å². The van der Waals surface area contributed by atoms with E-state index in [1.165, 1.54) is 6.26 Å². The summed E-state index contributed by atoms with van der Waals surface area (Å²) in [6.45, 7) is 3.98. The zero-order valence-corrected chi connectivity index (χ0v) is 14.4. The highest BCUT2D eigenvalue weighted by Crippen LogP contribution is 2.29. The Balaban J connectivity index is 1.81. The number of ether oxygens (including phenoxy) is 1. The molecule has 6 heteroatoms. The number of carbonyl (C=O) groups excluding carboxylic acids is 1. The van der Waals surface area contributed by atoms with Crippen LogP contribution in [0, 0.1) is 13.8 Å². The van der Waals surface area contributed by atoms with E-state index in [1.54, 1.807) is 6.07 Å². The lowest BCUT2D eigenvalue weighted by Crippen LogP contribution is -2.20. The van der Waals surface area contributed by atoms with Crippen molar-refractivity contribution in [1.82, 2.24) is 4.98 Å². The standard InChI is InChI=1S/C17H21NO4S/c1-10-11(2)18-16-14(10)5-4-6-15(16)17(19)22-12-7-8-13(9-12)23(3,20)21/h4-6,12-13,18H,7-9H2,1-3H3. The number of sulfone groups is 1. The molecule has 2 atom stereocenters. The monoisotopic (exact) mass is 335 g/mol. The van der Waals surface area contributed by atoms with Crippen LogP contribution in [0.1, 0.15) is 40.9 Å². The molecule has 0 bridgehead atoms. The second-order valence-corrected chi connectivity index (χ2v) is 8.72. The van der Waals surface area contributed by atoms with Crippen molar-refractivity contribution in [2.45, 2.75) is 44.5 Å². The van der Waals surface area contributed by atoms with Crippen molar-refractivity contribution >= 4 is 26.7 Å². The van der Waals surface area contributed by atoms with E-state index in [0.29, 0.717) is 24.8 Å². The first-order valence-electron chi connectivity index (χ1n) is 7.75. The normalized spacial score (nSPS) is 21.7. The number of hydrogen-bond acceptors (Lipinski definition) is 4. The van der Waals surface area contributed by atoms with Gasteiger partial charge in [0.1, 0.15) is 15.9 Å². The summed E-state index contributed by atoms with van der Waals surface area (Å²) in [4.78, 5) is 15.7. The molecule has 1 aromatic heterocycles. The summed E-state index contributed by atoms with van der Waals surface area (Å²) in [6, 6.07) is 5.55. The van der Waals surface area contributed by atoms with E-state index in [9.17, 15) is 13.2 Å². The van der Waals surface area contributed by atoms with E-state index < -0.39 is 21.1 Å². The Labute approximate surface area is 136 Å². The third-order valence-corrected chi connectivity index (χ3v) is 6.42. The maximum Gasteiger partial charge on any atom is 0.340 e. The molecule has 0 spiro atoms. The zero-order chi connectivity index (χ0) is 16.8. The number of carbonyl (C=O) groups is 1. The van der Waals surface area contributed by atoms with Gasteiger partial charge in [0.25, 0.3) is 0 Å². The van der Waals surface area contributed by atoms with Gasteiger partial charge in [-0.05, 0) is 38.3 Å². The fourth-order valence-electron chi connectivity index (χ4n) is 3.26. The molecule has 0 amide bonds. The van der Waals surface area contributed by atoms with Crippen LogP contribution < -0.4 is 0 Å². The number of hydrogen-bond donors (Lipinski definition) is 1. The first-order valence-corrected chi connectivity index (χ1v) is 9.70. The third-order valence-electron chi connectivity index (χ3n) is 4.78. The highest BCUT2D eigenvalue weighted by atomic mass is 32.2. The number of para-hydroxylation sites is 1. The minimum atomic E-state index is -3.07. The topological polar surface area (TPSA) is 76.2 Å². The summed E-state index contributed by atoms with van der Waals surface area (Å²) >= 11 is 0. The summed E-state index contributed by atoms with van der Waals surface area (Å²) in [5, 5.41) is 0.614. The fourth-order valence-corrected chi connectivity index (χ4v) is 4.39. The summed E-state index contributed by atoms with van der Waals surface area (Å²) in [7, 11) is -3.07. The molecule has 0 radical (unpaired) electrons. The first kappa shape index (κ1) is 16.1. The van der Waals surface area contributed by atoms with Crippen LogP contribution in [0.3, 0.4) is 0 Å². The number of aromatic nitrogens is 1. The predicted octanol–water partition coefficient (Wildman–Crippen LogP) is 2.91. The van der Waals surface area contributed by atoms with Gasteiger partial charge in [0.05, 0.1) is 16.3 Å². The second-order valence-electron chi connectivity index (χ2n) is 6.40. The van der Waals surface area contributed by atoms with Crippen molar-refractivity contribution in [3.63, 3.8) is 0 Å². The highest BCUT2D eigenvalue weighted by molar-refractivity contribution is 7.91. The lowest BCUT2D eigenvalue weighted by atomic mass is 10.1. The Morgan fingerprint density at radius 2 is 2.00 bits per heavy atom. The van der Waals surface area contributed by atoms with Crippen molar-refractivity contribution in [2.24, 2.45) is 0 Å². The lowest BCUT2D eigenvalue weighted by Gasteiger charge is -2.13. The summed E-state index contributed by atoms with van der Waals surface area (Å²) in [6.07, 6.45) is 2.47. The minimum Gasteiger partial charge on any atom is -0.459 e. The number of benzene rings is 1. The fraction of sp³-hybridized carbons (Fsp3) is 0.471. The molecule has 0 aliphatic heterocycles. The van der Waals surface area contributed by atoms with E-state index in [-0.39, 0.29) is 6.10 Å². The second kappa shape index (κ2) is 5.67. The molecular formula is C17H21NO4S. The van der Waals surface area contributed by atoms with Gasteiger partial charge in [-0.25, -0.2) is 13.2 Å². The van der Waals surface area contributed by atoms with Gasteiger partial charge in [-0.2, -0.15) is 0 Å². The van der Waals surface area contributed by atoms with Crippen molar-refractivity contribution in [2.75, 3.05) is 6.26 Å². The Kier molecular flexibility index (Phi) is 3.96. The molecular weight excluding hydrogens is 314 g/mol. The van der Waals surface area contributed by atoms with Crippen molar-refractivity contribution in [3.8, 4) is 0 Å². The van der Waals surface area contributed by atoms with E-state index in [1.807, 2.05) is 26.0 Å². The molecule has 1 aliphatic rings. The number of nitrogens with one attached hydrogen (secondary N) is 1. The largest absolute Gasteiger partial charge is 0.459 e. The van der Waals surface area contributed by atoms with Gasteiger partial charge in [-0.1, -0.05) is 12.1 Å². The molecule has 1 aliphatic carbocycles. The van der Waals surface area contributed by atoms with Crippen molar-refractivity contribution in [1.29, 1.82) is 0 Å². The molecule has 23 heavy (non-hydrogen) atoms. The van der Waals surface area contributed by atoms with Gasteiger partial charge in [0, 0.05) is 23.8 Å². The first-order chi connectivity index (χ1) is 10.8. The Morgan fingerprint density at radius 3 is 2.65 bits per heavy atom. The molecule has 1 N–H and O–H groups in total. The average Bonchev–Trinajstić information content (AvgIpc) is 3.05. The Hall–Kier alpha value is -1.82. The van der Waals surface area contributed by atoms with Crippen LogP contribution >= 0.6 is 0 Å². The van der Waals surface area contributed by atoms with Crippen LogP contribution in [-0.2, 0) is 14.6 Å². The number of fused-ring (bicyclic) bond motifs is 1. The summed E-state index contributed by atoms with van der Waals surface area (Å²) in [5.74, 6) is -0.393. The molecule has 124 valence electrons. The minimum absolute atomic E-state index is 0.324. The molecule has 1 fully saturated rings. The molecule has 1 aromatic carbocycles. The van der Waals surface area contributed by atoms with Gasteiger partial charge in [-0.3, -0.25) is 0 Å². The number of aryl methyl sites for hydroxylation is 2. The quantitative estimate of drug-likeness (QED) is 0.875. The molecule has 5 nitrogen and oxygen atoms in total. The van der Waals surface area contributed by atoms with Crippen LogP contribution in [0.15, 0.2) is 18.2 Å². The highest BCUT2D eigenvalue weighted by Gasteiger charge is 2.34. The van der Waals surface area contributed by atoms with Gasteiger partial charge in [-0.15, -0.1) is 0 Å². The van der Waals surface area contributed by atoms with E-state index >= 15 is 0 Å². The molecule has 0 saturated heterocycles. The average molecular weight is 335 g/mol. The predicted molar refractivity (Wildman–Crippen MR) is 89.5 cm³/mol. The molecule has 2 aromatic rings. The summed E-state index contributed by atoms with van der Waals surface area (Å²) < 4.78 is 28.8. The smallest absolute Gasteiger partial charge is 0.340 e. The van der Waals surface area contributed by atoms with Crippen LogP contribution in [0.2, 0.25) is 0 Å². The number of H-pyrrole nitrogens is 1. The van der Waals surface area contributed by atoms with Gasteiger partial charge in [0.15, 0.2) is 0 Å². The van der Waals surface area contributed by atoms with E-state index in [4.69, 9.17) is 4.74 Å². The Morgan fingerprint density at radius 1 is 1.26 bits per heavy atom. The van der Waals surface area contributed by atoms with Crippen LogP contribution in [-0.4, -0.2) is 37.0 Å². The third kappa shape index (κ3) is 3.00. The lowest BCUT2D eigenvalue weighted by molar-refractivity contribution is 0.0320. The summed E-state index contributed by atoms with van der Waals surface area (Å²) in [5.41, 5.74) is 3.43. The molecule has 3 rings (SSSR count). The Bertz CT molecular complexity index is 866. The SMILES string of the molecule is Cc1[nH]c2c(C(=O)OC3CCC(S(C)(=O)=O)C3)cccc2c1C. The zero-order valence-electron chi connectivity index (χ0n) is 13.5. The van der Waals surface area contributed by atoms with Crippen molar-refractivity contribution in [3.05, 3.63) is 35.0 Å². The van der Waals surface area contributed by atoms with Gasteiger partial charge >= 0.3 is 5.97 Å². The number of aromatic amines is 1. The molecule has 1 saturated carbocycles.